The molecule has 286 valence electrons. The Hall–Kier alpha value is -4.83. The highest BCUT2D eigenvalue weighted by Gasteiger charge is 2.45. The molecule has 0 spiro atoms. The van der Waals surface area contributed by atoms with Crippen molar-refractivity contribution < 1.29 is 16.8 Å². The predicted octanol–water partition coefficient (Wildman–Crippen LogP) is 9.49. The first-order chi connectivity index (χ1) is 27.8. The van der Waals surface area contributed by atoms with Crippen molar-refractivity contribution in [1.82, 2.24) is 0 Å². The molecule has 0 unspecified atom stereocenters. The van der Waals surface area contributed by atoms with Crippen LogP contribution in [0.5, 0.6) is 0 Å². The van der Waals surface area contributed by atoms with E-state index in [1.165, 1.54) is 44.3 Å². The zero-order valence-electron chi connectivity index (χ0n) is 32.0. The predicted molar refractivity (Wildman–Crippen MR) is 241 cm³/mol. The molecule has 4 aliphatic heterocycles. The van der Waals surface area contributed by atoms with Crippen LogP contribution in [0.15, 0.2) is 185 Å². The molecule has 4 heterocycles. The van der Waals surface area contributed by atoms with E-state index in [0.717, 1.165) is 53.7 Å². The summed E-state index contributed by atoms with van der Waals surface area (Å²) < 4.78 is 55.4. The molecule has 0 amide bonds. The minimum Gasteiger partial charge on any atom is -0.311 e. The van der Waals surface area contributed by atoms with Crippen LogP contribution in [0.2, 0.25) is 26.2 Å². The van der Waals surface area contributed by atoms with Crippen LogP contribution in [0.3, 0.4) is 0 Å². The second-order valence-corrected chi connectivity index (χ2v) is 30.8. The van der Waals surface area contributed by atoms with E-state index < -0.39 is 35.8 Å². The standard InChI is InChI=1S/C46H36N2O4S4Si2/c1-57(2)43-19-11-5-13-31(43)47(29-21-23-41-37(25-29)53-35-15-7-9-17-39(35)55(41,49)50)33-28-46-34(27-45(33)57)48(32-14-6-12-20-44(32)58(46,3)4)30-22-24-42-38(26-30)54-36-16-8-10-18-40(36)56(42,51)52/h5-28H,1-4H3. The largest absolute Gasteiger partial charge is 0.311 e. The molecule has 0 saturated heterocycles. The Bertz CT molecular complexity index is 2990. The van der Waals surface area contributed by atoms with Crippen LogP contribution in [0.1, 0.15) is 0 Å². The van der Waals surface area contributed by atoms with Crippen LogP contribution in [-0.4, -0.2) is 33.0 Å². The van der Waals surface area contributed by atoms with Crippen LogP contribution in [-0.2, 0) is 19.7 Å². The zero-order chi connectivity index (χ0) is 39.9. The smallest absolute Gasteiger partial charge is 0.208 e. The number of hydrogen-bond acceptors (Lipinski definition) is 8. The number of hydrogen-bond donors (Lipinski definition) is 0. The third-order valence-electron chi connectivity index (χ3n) is 12.2. The molecule has 0 atom stereocenters. The van der Waals surface area contributed by atoms with Crippen molar-refractivity contribution in [3.8, 4) is 0 Å². The van der Waals surface area contributed by atoms with E-state index in [4.69, 9.17) is 0 Å². The van der Waals surface area contributed by atoms with Crippen LogP contribution < -0.4 is 30.5 Å². The van der Waals surface area contributed by atoms with Crippen LogP contribution in [0, 0.1) is 0 Å². The first-order valence-corrected chi connectivity index (χ1v) is 29.7. The Morgan fingerprint density at radius 2 is 0.741 bits per heavy atom. The number of fused-ring (bicyclic) bond motifs is 8. The van der Waals surface area contributed by atoms with Gasteiger partial charge in [0.05, 0.1) is 19.6 Å². The Balaban J connectivity index is 1.13. The molecular weight excluding hydrogens is 829 g/mol. The molecule has 0 bridgehead atoms. The van der Waals surface area contributed by atoms with Gasteiger partial charge in [-0.15, -0.1) is 0 Å². The molecule has 4 aliphatic rings. The van der Waals surface area contributed by atoms with Gasteiger partial charge >= 0.3 is 0 Å². The highest BCUT2D eigenvalue weighted by Crippen LogP contribution is 2.50. The summed E-state index contributed by atoms with van der Waals surface area (Å²) in [6.07, 6.45) is 0. The normalized spacial score (nSPS) is 17.9. The van der Waals surface area contributed by atoms with Crippen molar-refractivity contribution in [2.45, 2.75) is 65.4 Å². The van der Waals surface area contributed by atoms with Crippen molar-refractivity contribution in [2.75, 3.05) is 9.80 Å². The molecule has 11 rings (SSSR count). The second-order valence-electron chi connectivity index (χ2n) is 16.2. The molecule has 0 aromatic heterocycles. The first-order valence-electron chi connectivity index (χ1n) is 19.1. The summed E-state index contributed by atoms with van der Waals surface area (Å²) in [6, 6.07) is 48.3. The number of sulfone groups is 2. The minimum atomic E-state index is -3.67. The fraction of sp³-hybridized carbons (Fsp3) is 0.0870. The number of rotatable bonds is 2. The summed E-state index contributed by atoms with van der Waals surface area (Å²) in [6.45, 7) is 9.68. The summed E-state index contributed by atoms with van der Waals surface area (Å²) in [5.74, 6) is 0. The van der Waals surface area contributed by atoms with Gasteiger partial charge < -0.3 is 9.80 Å². The van der Waals surface area contributed by atoms with Gasteiger partial charge in [0.1, 0.15) is 16.1 Å². The fourth-order valence-corrected chi connectivity index (χ4v) is 21.6. The second kappa shape index (κ2) is 12.4. The van der Waals surface area contributed by atoms with Crippen LogP contribution >= 0.6 is 23.5 Å². The maximum absolute atomic E-state index is 13.9. The summed E-state index contributed by atoms with van der Waals surface area (Å²) >= 11 is 3.02. The summed E-state index contributed by atoms with van der Waals surface area (Å²) in [7, 11) is -12.0. The van der Waals surface area contributed by atoms with E-state index in [0.29, 0.717) is 19.6 Å². The van der Waals surface area contributed by atoms with Crippen molar-refractivity contribution in [3.63, 3.8) is 0 Å². The lowest BCUT2D eigenvalue weighted by molar-refractivity contribution is 0.589. The maximum atomic E-state index is 13.9. The topological polar surface area (TPSA) is 74.8 Å². The average molecular weight is 865 g/mol. The molecule has 0 N–H and O–H groups in total. The Morgan fingerprint density at radius 3 is 1.17 bits per heavy atom. The Labute approximate surface area is 349 Å². The monoisotopic (exact) mass is 864 g/mol. The molecule has 6 nitrogen and oxygen atoms in total. The van der Waals surface area contributed by atoms with Gasteiger partial charge in [0.25, 0.3) is 0 Å². The molecule has 0 fully saturated rings. The average Bonchev–Trinajstić information content (AvgIpc) is 3.21. The fourth-order valence-electron chi connectivity index (χ4n) is 9.31. The van der Waals surface area contributed by atoms with Gasteiger partial charge in [-0.2, -0.15) is 0 Å². The Kier molecular flexibility index (Phi) is 7.72. The maximum Gasteiger partial charge on any atom is 0.208 e. The number of benzene rings is 7. The molecule has 12 heteroatoms. The highest BCUT2D eigenvalue weighted by molar-refractivity contribution is 8.02. The highest BCUT2D eigenvalue weighted by atomic mass is 32.2. The van der Waals surface area contributed by atoms with Gasteiger partial charge in [-0.3, -0.25) is 0 Å². The van der Waals surface area contributed by atoms with Crippen molar-refractivity contribution >= 4 is 114 Å². The minimum absolute atomic E-state index is 0.339. The molecular formula is C46H36N2O4S4Si2. The molecule has 0 aliphatic carbocycles. The van der Waals surface area contributed by atoms with E-state index in [1.54, 1.807) is 36.4 Å². The van der Waals surface area contributed by atoms with Crippen molar-refractivity contribution in [1.29, 1.82) is 0 Å². The lowest BCUT2D eigenvalue weighted by Crippen LogP contribution is -2.62. The lowest BCUT2D eigenvalue weighted by Gasteiger charge is -2.46. The van der Waals surface area contributed by atoms with Crippen LogP contribution in [0.25, 0.3) is 0 Å². The zero-order valence-corrected chi connectivity index (χ0v) is 37.3. The first kappa shape index (κ1) is 36.3. The summed E-state index contributed by atoms with van der Waals surface area (Å²) in [5.41, 5.74) is 6.33. The van der Waals surface area contributed by atoms with E-state index >= 15 is 0 Å². The van der Waals surface area contributed by atoms with E-state index in [1.807, 2.05) is 36.4 Å². The van der Waals surface area contributed by atoms with Gasteiger partial charge in [0.2, 0.25) is 19.7 Å². The van der Waals surface area contributed by atoms with E-state index in [9.17, 15) is 16.8 Å². The number of nitrogens with zero attached hydrogens (tertiary/aromatic N) is 2. The Morgan fingerprint density at radius 1 is 0.379 bits per heavy atom. The third kappa shape index (κ3) is 4.96. The third-order valence-corrected chi connectivity index (χ3v) is 25.8. The molecule has 0 saturated carbocycles. The van der Waals surface area contributed by atoms with Gasteiger partial charge in [-0.25, -0.2) is 16.8 Å². The van der Waals surface area contributed by atoms with E-state index in [-0.39, 0.29) is 0 Å². The van der Waals surface area contributed by atoms with Crippen molar-refractivity contribution in [3.05, 3.63) is 146 Å². The number of anilines is 6. The van der Waals surface area contributed by atoms with Gasteiger partial charge in [-0.05, 0) is 106 Å². The lowest BCUT2D eigenvalue weighted by atomic mass is 10.1. The van der Waals surface area contributed by atoms with Crippen molar-refractivity contribution in [2.24, 2.45) is 0 Å². The molecule has 7 aromatic carbocycles. The van der Waals surface area contributed by atoms with Gasteiger partial charge in [-0.1, -0.05) is 110 Å². The molecule has 58 heavy (non-hydrogen) atoms. The number of para-hydroxylation sites is 2. The van der Waals surface area contributed by atoms with Crippen LogP contribution in [0.4, 0.5) is 34.1 Å². The quantitative estimate of drug-likeness (QED) is 0.159. The SMILES string of the molecule is C[Si]1(C)c2ccccc2N(c2ccc3c(c2)Sc2ccccc2S3(=O)=O)c2cc3c(cc21)N(c1ccc2c(c1)Sc1ccccc1S2(=O)=O)c1ccccc1[Si]3(C)C. The summed E-state index contributed by atoms with van der Waals surface area (Å²) in [4.78, 5) is 9.01. The van der Waals surface area contributed by atoms with Gasteiger partial charge in [0.15, 0.2) is 0 Å². The van der Waals surface area contributed by atoms with E-state index in [2.05, 4.69) is 109 Å². The molecule has 0 radical (unpaired) electrons. The van der Waals surface area contributed by atoms with Gasteiger partial charge in [0, 0.05) is 53.7 Å². The summed E-state index contributed by atoms with van der Waals surface area (Å²) in [5, 5.41) is 5.18. The molecule has 7 aromatic rings.